The lowest BCUT2D eigenvalue weighted by molar-refractivity contribution is 0.0950. The number of piperidine rings is 1. The first-order chi connectivity index (χ1) is 14.4. The van der Waals surface area contributed by atoms with Gasteiger partial charge in [0, 0.05) is 25.2 Å². The van der Waals surface area contributed by atoms with E-state index in [-0.39, 0.29) is 15.8 Å². The van der Waals surface area contributed by atoms with Gasteiger partial charge in [0.1, 0.15) is 4.90 Å². The SMILES string of the molecule is CCc1ccc(CC)c(CNC(=O)c2ccc(Cl)c(S(=O)(=O)N3CCCCC3)c2)c1. The number of hydrogen-bond donors (Lipinski definition) is 1. The molecule has 1 saturated heterocycles. The van der Waals surface area contributed by atoms with Gasteiger partial charge in [0.05, 0.1) is 5.02 Å². The summed E-state index contributed by atoms with van der Waals surface area (Å²) in [6.07, 6.45) is 4.52. The molecule has 30 heavy (non-hydrogen) atoms. The molecule has 1 amide bonds. The van der Waals surface area contributed by atoms with Gasteiger partial charge in [-0.3, -0.25) is 4.79 Å². The third-order valence-electron chi connectivity index (χ3n) is 5.63. The van der Waals surface area contributed by atoms with Crippen LogP contribution in [0.1, 0.15) is 60.2 Å². The predicted molar refractivity (Wildman–Crippen MR) is 120 cm³/mol. The Bertz CT molecular complexity index is 1020. The highest BCUT2D eigenvalue weighted by atomic mass is 35.5. The summed E-state index contributed by atoms with van der Waals surface area (Å²) in [5.74, 6) is -0.314. The van der Waals surface area contributed by atoms with Crippen molar-refractivity contribution < 1.29 is 13.2 Å². The summed E-state index contributed by atoms with van der Waals surface area (Å²) in [4.78, 5) is 12.8. The van der Waals surface area contributed by atoms with Crippen molar-refractivity contribution >= 4 is 27.5 Å². The third kappa shape index (κ3) is 5.05. The Morgan fingerprint density at radius 1 is 1.00 bits per heavy atom. The fourth-order valence-electron chi connectivity index (χ4n) is 3.77. The average Bonchev–Trinajstić information content (AvgIpc) is 2.77. The molecular formula is C23H29ClN2O3S. The van der Waals surface area contributed by atoms with Crippen LogP contribution < -0.4 is 5.32 Å². The molecule has 1 fully saturated rings. The first-order valence-corrected chi connectivity index (χ1v) is 12.4. The van der Waals surface area contributed by atoms with Gasteiger partial charge in [-0.2, -0.15) is 4.31 Å². The minimum atomic E-state index is -3.71. The monoisotopic (exact) mass is 448 g/mol. The largest absolute Gasteiger partial charge is 0.348 e. The second-order valence-corrected chi connectivity index (χ2v) is 9.92. The topological polar surface area (TPSA) is 66.5 Å². The Hall–Kier alpha value is -1.89. The second kappa shape index (κ2) is 9.94. The molecule has 0 bridgehead atoms. The minimum Gasteiger partial charge on any atom is -0.348 e. The van der Waals surface area contributed by atoms with Crippen molar-refractivity contribution in [3.63, 3.8) is 0 Å². The molecule has 1 aliphatic heterocycles. The first kappa shape index (κ1) is 22.8. The molecule has 0 spiro atoms. The van der Waals surface area contributed by atoms with Crippen LogP contribution in [0, 0.1) is 0 Å². The van der Waals surface area contributed by atoms with Crippen LogP contribution in [0.4, 0.5) is 0 Å². The van der Waals surface area contributed by atoms with Crippen molar-refractivity contribution in [3.8, 4) is 0 Å². The van der Waals surface area contributed by atoms with Gasteiger partial charge < -0.3 is 5.32 Å². The maximum Gasteiger partial charge on any atom is 0.251 e. The molecule has 7 heteroatoms. The van der Waals surface area contributed by atoms with Crippen LogP contribution in [-0.2, 0) is 29.4 Å². The summed E-state index contributed by atoms with van der Waals surface area (Å²) in [6.45, 7) is 5.56. The molecule has 0 aliphatic carbocycles. The van der Waals surface area contributed by atoms with E-state index in [4.69, 9.17) is 11.6 Å². The van der Waals surface area contributed by atoms with Crippen LogP contribution in [0.5, 0.6) is 0 Å². The van der Waals surface area contributed by atoms with Gasteiger partial charge in [-0.15, -0.1) is 0 Å². The minimum absolute atomic E-state index is 0.000874. The molecule has 0 atom stereocenters. The van der Waals surface area contributed by atoms with Crippen molar-refractivity contribution in [2.45, 2.75) is 57.4 Å². The van der Waals surface area contributed by atoms with Crippen molar-refractivity contribution in [1.29, 1.82) is 0 Å². The quantitative estimate of drug-likeness (QED) is 0.674. The molecule has 0 aromatic heterocycles. The van der Waals surface area contributed by atoms with Gasteiger partial charge in [0.15, 0.2) is 0 Å². The molecule has 0 saturated carbocycles. The molecule has 0 unspecified atom stereocenters. The number of rotatable bonds is 7. The predicted octanol–water partition coefficient (Wildman–Crippen LogP) is 4.57. The van der Waals surface area contributed by atoms with E-state index < -0.39 is 10.0 Å². The van der Waals surface area contributed by atoms with Crippen LogP contribution in [0.25, 0.3) is 0 Å². The van der Waals surface area contributed by atoms with Crippen LogP contribution >= 0.6 is 11.6 Å². The third-order valence-corrected chi connectivity index (χ3v) is 8.01. The lowest BCUT2D eigenvalue weighted by Gasteiger charge is -2.26. The zero-order valence-corrected chi connectivity index (χ0v) is 19.2. The number of benzene rings is 2. The summed E-state index contributed by atoms with van der Waals surface area (Å²) in [5, 5.41) is 3.07. The van der Waals surface area contributed by atoms with Gasteiger partial charge in [-0.1, -0.05) is 50.1 Å². The molecule has 1 N–H and O–H groups in total. The maximum absolute atomic E-state index is 13.0. The van der Waals surface area contributed by atoms with Crippen LogP contribution in [0.15, 0.2) is 41.3 Å². The normalized spacial score (nSPS) is 15.2. The van der Waals surface area contributed by atoms with Crippen LogP contribution in [-0.4, -0.2) is 31.7 Å². The molecule has 0 radical (unpaired) electrons. The summed E-state index contributed by atoms with van der Waals surface area (Å²) in [5.41, 5.74) is 3.79. The average molecular weight is 449 g/mol. The highest BCUT2D eigenvalue weighted by Gasteiger charge is 2.28. The Labute approximate surface area is 184 Å². The van der Waals surface area contributed by atoms with E-state index in [1.165, 1.54) is 27.6 Å². The lowest BCUT2D eigenvalue weighted by atomic mass is 10.0. The highest BCUT2D eigenvalue weighted by molar-refractivity contribution is 7.89. The molecule has 1 aliphatic rings. The van der Waals surface area contributed by atoms with Gasteiger partial charge in [-0.05, 0) is 60.6 Å². The van der Waals surface area contributed by atoms with Gasteiger partial charge in [0.25, 0.3) is 5.91 Å². The number of sulfonamides is 1. The number of carbonyl (C=O) groups excluding carboxylic acids is 1. The van der Waals surface area contributed by atoms with E-state index >= 15 is 0 Å². The van der Waals surface area contributed by atoms with E-state index in [1.807, 2.05) is 0 Å². The number of nitrogens with one attached hydrogen (secondary N) is 1. The van der Waals surface area contributed by atoms with E-state index in [2.05, 4.69) is 37.4 Å². The summed E-state index contributed by atoms with van der Waals surface area (Å²) in [6, 6.07) is 10.8. The number of amides is 1. The Kier molecular flexibility index (Phi) is 7.55. The van der Waals surface area contributed by atoms with Crippen molar-refractivity contribution in [3.05, 3.63) is 63.7 Å². The zero-order valence-electron chi connectivity index (χ0n) is 17.6. The molecule has 2 aromatic rings. The van der Waals surface area contributed by atoms with E-state index in [1.54, 1.807) is 6.07 Å². The summed E-state index contributed by atoms with van der Waals surface area (Å²) < 4.78 is 27.5. The van der Waals surface area contributed by atoms with Crippen molar-refractivity contribution in [2.24, 2.45) is 0 Å². The standard InChI is InChI=1S/C23H29ClN2O3S/c1-3-17-8-9-18(4-2)20(14-17)16-25-23(27)19-10-11-21(24)22(15-19)30(28,29)26-12-6-5-7-13-26/h8-11,14-15H,3-7,12-13,16H2,1-2H3,(H,25,27). The molecule has 2 aromatic carbocycles. The molecule has 1 heterocycles. The van der Waals surface area contributed by atoms with E-state index in [9.17, 15) is 13.2 Å². The number of nitrogens with zero attached hydrogens (tertiary/aromatic N) is 1. The number of halogens is 1. The van der Waals surface area contributed by atoms with Crippen molar-refractivity contribution in [2.75, 3.05) is 13.1 Å². The van der Waals surface area contributed by atoms with E-state index in [0.29, 0.717) is 25.2 Å². The van der Waals surface area contributed by atoms with Crippen molar-refractivity contribution in [1.82, 2.24) is 9.62 Å². The second-order valence-electron chi connectivity index (χ2n) is 7.60. The van der Waals surface area contributed by atoms with Gasteiger partial charge in [0.2, 0.25) is 10.0 Å². The van der Waals surface area contributed by atoms with Gasteiger partial charge >= 0.3 is 0 Å². The van der Waals surface area contributed by atoms with Gasteiger partial charge in [-0.25, -0.2) is 8.42 Å². The first-order valence-electron chi connectivity index (χ1n) is 10.6. The molecule has 5 nitrogen and oxygen atoms in total. The Morgan fingerprint density at radius 3 is 2.40 bits per heavy atom. The number of aryl methyl sites for hydroxylation is 2. The highest BCUT2D eigenvalue weighted by Crippen LogP contribution is 2.28. The molecule has 162 valence electrons. The summed E-state index contributed by atoms with van der Waals surface area (Å²) >= 11 is 6.21. The zero-order chi connectivity index (χ0) is 21.7. The Morgan fingerprint density at radius 2 is 1.73 bits per heavy atom. The molecular weight excluding hydrogens is 420 g/mol. The van der Waals surface area contributed by atoms with Crippen LogP contribution in [0.3, 0.4) is 0 Å². The lowest BCUT2D eigenvalue weighted by Crippen LogP contribution is -2.36. The smallest absolute Gasteiger partial charge is 0.251 e. The van der Waals surface area contributed by atoms with Crippen LogP contribution in [0.2, 0.25) is 5.02 Å². The number of carbonyl (C=O) groups is 1. The summed E-state index contributed by atoms with van der Waals surface area (Å²) in [7, 11) is -3.71. The number of hydrogen-bond acceptors (Lipinski definition) is 3. The fourth-order valence-corrected chi connectivity index (χ4v) is 5.79. The van der Waals surface area contributed by atoms with E-state index in [0.717, 1.165) is 37.7 Å². The maximum atomic E-state index is 13.0. The fraction of sp³-hybridized carbons (Fsp3) is 0.435. The Balaban J connectivity index is 1.80. The molecule has 3 rings (SSSR count).